The molecule has 1 N–H and O–H groups in total. The van der Waals surface area contributed by atoms with Gasteiger partial charge in [-0.3, -0.25) is 0 Å². The zero-order valence-corrected chi connectivity index (χ0v) is 10.5. The maximum Gasteiger partial charge on any atom is 0.295 e. The van der Waals surface area contributed by atoms with Gasteiger partial charge < -0.3 is 9.73 Å². The number of aromatic nitrogens is 1. The van der Waals surface area contributed by atoms with Crippen molar-refractivity contribution < 1.29 is 4.42 Å². The van der Waals surface area contributed by atoms with Crippen molar-refractivity contribution in [3.8, 4) is 0 Å². The zero-order valence-electron chi connectivity index (χ0n) is 10.5. The number of hydrogen-bond acceptors (Lipinski definition) is 3. The van der Waals surface area contributed by atoms with Crippen LogP contribution in [0.4, 0.5) is 6.01 Å². The van der Waals surface area contributed by atoms with Crippen molar-refractivity contribution in [1.29, 1.82) is 0 Å². The van der Waals surface area contributed by atoms with Crippen LogP contribution in [0, 0.1) is 0 Å². The molecule has 1 aliphatic rings. The molecule has 0 fully saturated rings. The number of para-hydroxylation sites is 2. The molecule has 0 bridgehead atoms. The van der Waals surface area contributed by atoms with E-state index in [-0.39, 0.29) is 0 Å². The lowest BCUT2D eigenvalue weighted by atomic mass is 10.1. The summed E-state index contributed by atoms with van der Waals surface area (Å²) in [6, 6.07) is 17.4. The Morgan fingerprint density at radius 1 is 0.947 bits per heavy atom. The molecule has 3 aromatic rings. The molecule has 19 heavy (non-hydrogen) atoms. The van der Waals surface area contributed by atoms with Gasteiger partial charge in [0.15, 0.2) is 5.58 Å². The Bertz CT molecular complexity index is 674. The van der Waals surface area contributed by atoms with Gasteiger partial charge in [-0.1, -0.05) is 36.4 Å². The van der Waals surface area contributed by atoms with Gasteiger partial charge in [0.2, 0.25) is 0 Å². The van der Waals surface area contributed by atoms with Gasteiger partial charge in [0.25, 0.3) is 6.01 Å². The van der Waals surface area contributed by atoms with Crippen LogP contribution in [0.3, 0.4) is 0 Å². The van der Waals surface area contributed by atoms with Crippen LogP contribution in [0.2, 0.25) is 0 Å². The Morgan fingerprint density at radius 2 is 1.63 bits per heavy atom. The third kappa shape index (κ3) is 1.87. The second-order valence-electron chi connectivity index (χ2n) is 5.00. The van der Waals surface area contributed by atoms with E-state index in [2.05, 4.69) is 34.6 Å². The number of benzene rings is 2. The van der Waals surface area contributed by atoms with Crippen LogP contribution in [0.15, 0.2) is 52.9 Å². The highest BCUT2D eigenvalue weighted by Crippen LogP contribution is 2.25. The molecule has 3 nitrogen and oxygen atoms in total. The Labute approximate surface area is 111 Å². The predicted octanol–water partition coefficient (Wildman–Crippen LogP) is 3.41. The second-order valence-corrected chi connectivity index (χ2v) is 5.00. The van der Waals surface area contributed by atoms with Gasteiger partial charge in [-0.2, -0.15) is 4.98 Å². The van der Waals surface area contributed by atoms with Crippen molar-refractivity contribution in [1.82, 2.24) is 4.98 Å². The summed E-state index contributed by atoms with van der Waals surface area (Å²) in [6.45, 7) is 0. The Balaban J connectivity index is 1.57. The highest BCUT2D eigenvalue weighted by Gasteiger charge is 2.22. The van der Waals surface area contributed by atoms with Crippen molar-refractivity contribution >= 4 is 17.1 Å². The van der Waals surface area contributed by atoms with E-state index in [4.69, 9.17) is 4.42 Å². The average molecular weight is 250 g/mol. The molecule has 0 saturated carbocycles. The number of nitrogens with one attached hydrogen (secondary N) is 1. The van der Waals surface area contributed by atoms with E-state index >= 15 is 0 Å². The molecule has 0 atom stereocenters. The number of rotatable bonds is 2. The molecular weight excluding hydrogens is 236 g/mol. The van der Waals surface area contributed by atoms with E-state index in [0.717, 1.165) is 23.9 Å². The molecule has 94 valence electrons. The number of fused-ring (bicyclic) bond motifs is 2. The largest absolute Gasteiger partial charge is 0.424 e. The van der Waals surface area contributed by atoms with Crippen molar-refractivity contribution in [3.05, 3.63) is 59.7 Å². The first-order valence-corrected chi connectivity index (χ1v) is 6.57. The molecule has 0 spiro atoms. The van der Waals surface area contributed by atoms with E-state index in [0.29, 0.717) is 12.1 Å². The fourth-order valence-electron chi connectivity index (χ4n) is 2.77. The van der Waals surface area contributed by atoms with E-state index in [1.165, 1.54) is 11.1 Å². The van der Waals surface area contributed by atoms with E-state index in [9.17, 15) is 0 Å². The lowest BCUT2D eigenvalue weighted by molar-refractivity contribution is 0.596. The minimum atomic E-state index is 0.380. The Morgan fingerprint density at radius 3 is 2.37 bits per heavy atom. The summed E-state index contributed by atoms with van der Waals surface area (Å²) in [6.07, 6.45) is 2.07. The summed E-state index contributed by atoms with van der Waals surface area (Å²) in [7, 11) is 0. The second kappa shape index (κ2) is 4.12. The van der Waals surface area contributed by atoms with Crippen LogP contribution in [-0.4, -0.2) is 11.0 Å². The highest BCUT2D eigenvalue weighted by atomic mass is 16.4. The van der Waals surface area contributed by atoms with Crippen LogP contribution in [0.1, 0.15) is 11.1 Å². The number of nitrogens with zero attached hydrogens (tertiary/aromatic N) is 1. The van der Waals surface area contributed by atoms with Gasteiger partial charge in [0.05, 0.1) is 0 Å². The van der Waals surface area contributed by atoms with Gasteiger partial charge in [-0.15, -0.1) is 0 Å². The van der Waals surface area contributed by atoms with Gasteiger partial charge in [0.1, 0.15) is 5.52 Å². The number of hydrogen-bond donors (Lipinski definition) is 1. The molecule has 0 unspecified atom stereocenters. The van der Waals surface area contributed by atoms with Crippen LogP contribution in [-0.2, 0) is 12.8 Å². The molecule has 1 heterocycles. The molecule has 0 saturated heterocycles. The van der Waals surface area contributed by atoms with Gasteiger partial charge in [-0.05, 0) is 36.1 Å². The van der Waals surface area contributed by atoms with E-state index < -0.39 is 0 Å². The lowest BCUT2D eigenvalue weighted by Gasteiger charge is -2.08. The highest BCUT2D eigenvalue weighted by molar-refractivity contribution is 5.74. The van der Waals surface area contributed by atoms with Crippen LogP contribution >= 0.6 is 0 Å². The summed E-state index contributed by atoms with van der Waals surface area (Å²) in [5.74, 6) is 0. The van der Waals surface area contributed by atoms with Crippen molar-refractivity contribution in [2.24, 2.45) is 0 Å². The fourth-order valence-corrected chi connectivity index (χ4v) is 2.77. The summed E-state index contributed by atoms with van der Waals surface area (Å²) < 4.78 is 5.71. The van der Waals surface area contributed by atoms with E-state index in [1.807, 2.05) is 24.3 Å². The monoisotopic (exact) mass is 250 g/mol. The molecule has 0 amide bonds. The Kier molecular flexibility index (Phi) is 2.30. The third-order valence-electron chi connectivity index (χ3n) is 3.67. The average Bonchev–Trinajstić information content (AvgIpc) is 3.00. The first-order chi connectivity index (χ1) is 9.38. The summed E-state index contributed by atoms with van der Waals surface area (Å²) >= 11 is 0. The molecular formula is C16H14N2O. The molecule has 4 rings (SSSR count). The first kappa shape index (κ1) is 10.6. The third-order valence-corrected chi connectivity index (χ3v) is 3.67. The molecule has 1 aliphatic carbocycles. The van der Waals surface area contributed by atoms with Crippen LogP contribution in [0.25, 0.3) is 11.1 Å². The van der Waals surface area contributed by atoms with Crippen molar-refractivity contribution in [3.63, 3.8) is 0 Å². The molecule has 0 aliphatic heterocycles. The van der Waals surface area contributed by atoms with Gasteiger partial charge >= 0.3 is 0 Å². The fraction of sp³-hybridized carbons (Fsp3) is 0.188. The van der Waals surface area contributed by atoms with Gasteiger partial charge in [-0.25, -0.2) is 0 Å². The van der Waals surface area contributed by atoms with Crippen molar-refractivity contribution in [2.45, 2.75) is 18.9 Å². The number of oxazole rings is 1. The summed E-state index contributed by atoms with van der Waals surface area (Å²) in [5.41, 5.74) is 4.59. The molecule has 1 aromatic heterocycles. The predicted molar refractivity (Wildman–Crippen MR) is 75.3 cm³/mol. The van der Waals surface area contributed by atoms with Crippen molar-refractivity contribution in [2.75, 3.05) is 5.32 Å². The smallest absolute Gasteiger partial charge is 0.295 e. The number of anilines is 1. The zero-order chi connectivity index (χ0) is 12.7. The maximum absolute atomic E-state index is 5.71. The quantitative estimate of drug-likeness (QED) is 0.757. The Hall–Kier alpha value is -2.29. The standard InChI is InChI=1S/C16H14N2O/c1-2-6-12-10-13(9-11(12)5-1)17-16-18-14-7-3-4-8-15(14)19-16/h1-8,13H,9-10H2,(H,17,18). The summed E-state index contributed by atoms with van der Waals surface area (Å²) in [4.78, 5) is 4.46. The summed E-state index contributed by atoms with van der Waals surface area (Å²) in [5, 5.41) is 3.40. The van der Waals surface area contributed by atoms with Crippen LogP contribution in [0.5, 0.6) is 0 Å². The minimum absolute atomic E-state index is 0.380. The molecule has 0 radical (unpaired) electrons. The first-order valence-electron chi connectivity index (χ1n) is 6.57. The van der Waals surface area contributed by atoms with Gasteiger partial charge in [0, 0.05) is 6.04 Å². The SMILES string of the molecule is c1ccc2c(c1)CC(Nc1nc3ccccc3o1)C2. The van der Waals surface area contributed by atoms with Crippen LogP contribution < -0.4 is 5.32 Å². The van der Waals surface area contributed by atoms with E-state index in [1.54, 1.807) is 0 Å². The lowest BCUT2D eigenvalue weighted by Crippen LogP contribution is -2.19. The molecule has 2 aromatic carbocycles. The molecule has 3 heteroatoms. The normalized spacial score (nSPS) is 14.7. The maximum atomic E-state index is 5.71. The minimum Gasteiger partial charge on any atom is -0.424 e. The topological polar surface area (TPSA) is 38.1 Å².